The number of aromatic nitrogens is 1. The topological polar surface area (TPSA) is 91.5 Å². The average Bonchev–Trinajstić information content (AvgIpc) is 3.04. The van der Waals surface area contributed by atoms with Gasteiger partial charge >= 0.3 is 5.97 Å². The fourth-order valence-corrected chi connectivity index (χ4v) is 3.79. The summed E-state index contributed by atoms with van der Waals surface area (Å²) in [5.41, 5.74) is 3.28. The summed E-state index contributed by atoms with van der Waals surface area (Å²) in [6.07, 6.45) is 3.63. The van der Waals surface area contributed by atoms with Crippen LogP contribution in [0.1, 0.15) is 58.3 Å². The summed E-state index contributed by atoms with van der Waals surface area (Å²) < 4.78 is 4.81. The molecule has 2 aromatic rings. The molecule has 0 radical (unpaired) electrons. The molecule has 7 heteroatoms. The number of hydrogen-bond acceptors (Lipinski definition) is 5. The molecule has 3 rings (SSSR count). The third-order valence-electron chi connectivity index (χ3n) is 5.28. The molecule has 7 nitrogen and oxygen atoms in total. The molecule has 2 heterocycles. The van der Waals surface area contributed by atoms with Crippen molar-refractivity contribution in [1.82, 2.24) is 4.98 Å². The summed E-state index contributed by atoms with van der Waals surface area (Å²) in [5.74, 6) is -1.05. The molecule has 0 bridgehead atoms. The van der Waals surface area contributed by atoms with Crippen molar-refractivity contribution >= 4 is 29.0 Å². The van der Waals surface area contributed by atoms with E-state index in [0.29, 0.717) is 22.6 Å². The summed E-state index contributed by atoms with van der Waals surface area (Å²) in [6.45, 7) is 5.20. The second kappa shape index (κ2) is 8.94. The second-order valence-electron chi connectivity index (χ2n) is 7.35. The van der Waals surface area contributed by atoms with Gasteiger partial charge in [-0.1, -0.05) is 0 Å². The first kappa shape index (κ1) is 20.6. The Hall–Kier alpha value is -3.09. The smallest absolute Gasteiger partial charge is 0.339 e. The number of nitrogens with zero attached hydrogens (tertiary/aromatic N) is 1. The van der Waals surface area contributed by atoms with E-state index in [1.54, 1.807) is 6.92 Å². The van der Waals surface area contributed by atoms with Gasteiger partial charge in [0.15, 0.2) is 5.78 Å². The second-order valence-corrected chi connectivity index (χ2v) is 7.35. The van der Waals surface area contributed by atoms with Crippen LogP contribution in [-0.4, -0.2) is 42.8 Å². The molecule has 2 N–H and O–H groups in total. The Labute approximate surface area is 170 Å². The number of benzene rings is 1. The van der Waals surface area contributed by atoms with Crippen molar-refractivity contribution < 1.29 is 19.1 Å². The Morgan fingerprint density at radius 2 is 1.76 bits per heavy atom. The predicted molar refractivity (Wildman–Crippen MR) is 112 cm³/mol. The van der Waals surface area contributed by atoms with Crippen molar-refractivity contribution in [3.63, 3.8) is 0 Å². The van der Waals surface area contributed by atoms with Gasteiger partial charge in [0.05, 0.1) is 24.8 Å². The molecular formula is C22H27N3O4. The largest absolute Gasteiger partial charge is 0.465 e. The van der Waals surface area contributed by atoms with Crippen LogP contribution in [0.2, 0.25) is 0 Å². The number of Topliss-reactive ketones (excluding diaryl/α,β-unsaturated/α-hetero) is 1. The molecule has 0 unspecified atom stereocenters. The third-order valence-corrected chi connectivity index (χ3v) is 5.28. The van der Waals surface area contributed by atoms with Gasteiger partial charge in [-0.25, -0.2) is 4.79 Å². The highest BCUT2D eigenvalue weighted by Gasteiger charge is 2.24. The van der Waals surface area contributed by atoms with E-state index in [2.05, 4.69) is 15.2 Å². The molecule has 1 aliphatic heterocycles. The Bertz CT molecular complexity index is 909. The van der Waals surface area contributed by atoms with Crippen molar-refractivity contribution in [2.75, 3.05) is 30.4 Å². The monoisotopic (exact) mass is 397 g/mol. The van der Waals surface area contributed by atoms with Crippen LogP contribution in [0, 0.1) is 6.92 Å². The van der Waals surface area contributed by atoms with Gasteiger partial charge in [0, 0.05) is 37.1 Å². The van der Waals surface area contributed by atoms with Crippen molar-refractivity contribution in [3.05, 3.63) is 46.8 Å². The average molecular weight is 397 g/mol. The van der Waals surface area contributed by atoms with Gasteiger partial charge in [0.25, 0.3) is 0 Å². The first-order chi connectivity index (χ1) is 13.9. The summed E-state index contributed by atoms with van der Waals surface area (Å²) >= 11 is 0. The molecule has 1 fully saturated rings. The highest BCUT2D eigenvalue weighted by molar-refractivity contribution is 6.02. The number of aromatic amines is 1. The van der Waals surface area contributed by atoms with Crippen LogP contribution in [0.5, 0.6) is 0 Å². The maximum atomic E-state index is 12.5. The van der Waals surface area contributed by atoms with E-state index >= 15 is 0 Å². The number of esters is 1. The third kappa shape index (κ3) is 4.67. The zero-order chi connectivity index (χ0) is 21.0. The van der Waals surface area contributed by atoms with E-state index in [-0.39, 0.29) is 23.7 Å². The van der Waals surface area contributed by atoms with E-state index in [4.69, 9.17) is 4.74 Å². The number of amides is 1. The Balaban J connectivity index is 1.71. The number of piperidine rings is 1. The number of anilines is 2. The van der Waals surface area contributed by atoms with Gasteiger partial charge in [-0.2, -0.15) is 0 Å². The first-order valence-corrected chi connectivity index (χ1v) is 9.86. The number of nitrogens with one attached hydrogen (secondary N) is 2. The summed E-state index contributed by atoms with van der Waals surface area (Å²) in [4.78, 5) is 41.7. The molecule has 1 aliphatic rings. The highest BCUT2D eigenvalue weighted by Crippen LogP contribution is 2.23. The van der Waals surface area contributed by atoms with Crippen LogP contribution in [0.15, 0.2) is 24.3 Å². The molecular weight excluding hydrogens is 370 g/mol. The van der Waals surface area contributed by atoms with Gasteiger partial charge in [0.1, 0.15) is 0 Å². The fraction of sp³-hybridized carbons (Fsp3) is 0.409. The minimum atomic E-state index is -0.570. The summed E-state index contributed by atoms with van der Waals surface area (Å²) in [5, 5.41) is 2.85. The Kier molecular flexibility index (Phi) is 6.36. The molecule has 0 spiro atoms. The molecule has 154 valence electrons. The molecule has 1 aromatic carbocycles. The number of H-pyrrole nitrogens is 1. The number of carbonyl (C=O) groups is 3. The molecule has 29 heavy (non-hydrogen) atoms. The van der Waals surface area contributed by atoms with E-state index in [9.17, 15) is 14.4 Å². The van der Waals surface area contributed by atoms with Crippen LogP contribution < -0.4 is 10.2 Å². The van der Waals surface area contributed by atoms with E-state index < -0.39 is 5.97 Å². The SMILES string of the molecule is COC(=O)c1c(CC(=O)Nc2ccc(N3CCCCC3)cc2)[nH]c(C(C)=O)c1C. The molecule has 1 amide bonds. The summed E-state index contributed by atoms with van der Waals surface area (Å²) in [7, 11) is 1.27. The van der Waals surface area contributed by atoms with Crippen LogP contribution in [-0.2, 0) is 16.0 Å². The van der Waals surface area contributed by atoms with Crippen molar-refractivity contribution in [1.29, 1.82) is 0 Å². The van der Waals surface area contributed by atoms with Gasteiger partial charge in [0.2, 0.25) is 5.91 Å². The standard InChI is InChI=1S/C22H27N3O4/c1-14-20(22(28)29-3)18(24-21(14)15(2)26)13-19(27)23-16-7-9-17(10-8-16)25-11-5-4-6-12-25/h7-10,24H,4-6,11-13H2,1-3H3,(H,23,27). The predicted octanol–water partition coefficient (Wildman–Crippen LogP) is 3.48. The molecule has 1 aromatic heterocycles. The van der Waals surface area contributed by atoms with Crippen molar-refractivity contribution in [2.45, 2.75) is 39.5 Å². The van der Waals surface area contributed by atoms with Crippen molar-refractivity contribution in [3.8, 4) is 0 Å². The Morgan fingerprint density at radius 3 is 2.34 bits per heavy atom. The number of ketones is 1. The summed E-state index contributed by atoms with van der Waals surface area (Å²) in [6, 6.07) is 7.77. The quantitative estimate of drug-likeness (QED) is 0.575. The maximum Gasteiger partial charge on any atom is 0.339 e. The maximum absolute atomic E-state index is 12.5. The fourth-order valence-electron chi connectivity index (χ4n) is 3.79. The molecule has 1 saturated heterocycles. The van der Waals surface area contributed by atoms with Crippen LogP contribution >= 0.6 is 0 Å². The number of ether oxygens (including phenoxy) is 1. The minimum Gasteiger partial charge on any atom is -0.465 e. The lowest BCUT2D eigenvalue weighted by Crippen LogP contribution is -2.29. The van der Waals surface area contributed by atoms with Gasteiger partial charge in [-0.15, -0.1) is 0 Å². The van der Waals surface area contributed by atoms with Gasteiger partial charge in [-0.05, 0) is 56.0 Å². The number of methoxy groups -OCH3 is 1. The van der Waals surface area contributed by atoms with E-state index in [1.807, 2.05) is 24.3 Å². The van der Waals surface area contributed by atoms with E-state index in [1.165, 1.54) is 33.3 Å². The van der Waals surface area contributed by atoms with Crippen LogP contribution in [0.3, 0.4) is 0 Å². The zero-order valence-electron chi connectivity index (χ0n) is 17.1. The molecule has 0 atom stereocenters. The number of carbonyl (C=O) groups excluding carboxylic acids is 3. The normalized spacial score (nSPS) is 13.8. The molecule has 0 saturated carbocycles. The number of rotatable bonds is 6. The van der Waals surface area contributed by atoms with E-state index in [0.717, 1.165) is 18.8 Å². The van der Waals surface area contributed by atoms with Gasteiger partial charge < -0.3 is 19.9 Å². The zero-order valence-corrected chi connectivity index (χ0v) is 17.1. The Morgan fingerprint density at radius 1 is 1.10 bits per heavy atom. The highest BCUT2D eigenvalue weighted by atomic mass is 16.5. The van der Waals surface area contributed by atoms with Gasteiger partial charge in [-0.3, -0.25) is 9.59 Å². The lowest BCUT2D eigenvalue weighted by Gasteiger charge is -2.28. The number of hydrogen-bond donors (Lipinski definition) is 2. The van der Waals surface area contributed by atoms with Crippen LogP contribution in [0.25, 0.3) is 0 Å². The lowest BCUT2D eigenvalue weighted by atomic mass is 10.1. The lowest BCUT2D eigenvalue weighted by molar-refractivity contribution is -0.115. The molecule has 0 aliphatic carbocycles. The van der Waals surface area contributed by atoms with Crippen LogP contribution in [0.4, 0.5) is 11.4 Å². The first-order valence-electron chi connectivity index (χ1n) is 9.86. The minimum absolute atomic E-state index is 0.0631. The van der Waals surface area contributed by atoms with Crippen molar-refractivity contribution in [2.24, 2.45) is 0 Å².